The molecule has 0 aromatic heterocycles. The van der Waals surface area contributed by atoms with Crippen LogP contribution in [0.2, 0.25) is 0 Å². The normalized spacial score (nSPS) is 11.5. The van der Waals surface area contributed by atoms with Gasteiger partial charge in [-0.1, -0.05) is 6.08 Å². The van der Waals surface area contributed by atoms with Crippen LogP contribution in [0.5, 0.6) is 0 Å². The van der Waals surface area contributed by atoms with Crippen molar-refractivity contribution >= 4 is 0 Å². The third-order valence-electron chi connectivity index (χ3n) is 1.49. The summed E-state index contributed by atoms with van der Waals surface area (Å²) in [5.74, 6) is 0. The Hall–Kier alpha value is -0.340. The number of rotatable bonds is 5. The van der Waals surface area contributed by atoms with Gasteiger partial charge < -0.3 is 11.1 Å². The van der Waals surface area contributed by atoms with Gasteiger partial charge in [0.25, 0.3) is 0 Å². The first-order valence-electron chi connectivity index (χ1n) is 3.68. The van der Waals surface area contributed by atoms with Crippen molar-refractivity contribution in [2.75, 3.05) is 13.1 Å². The van der Waals surface area contributed by atoms with Gasteiger partial charge in [0.1, 0.15) is 0 Å². The summed E-state index contributed by atoms with van der Waals surface area (Å²) in [6.07, 6.45) is 2.86. The number of hydrogen-bond donors (Lipinski definition) is 2. The van der Waals surface area contributed by atoms with E-state index in [0.717, 1.165) is 19.5 Å². The minimum atomic E-state index is 0.156. The average Bonchev–Trinajstić information content (AvgIpc) is 1.84. The van der Waals surface area contributed by atoms with Crippen molar-refractivity contribution in [1.82, 2.24) is 5.32 Å². The molecule has 0 bridgehead atoms. The summed E-state index contributed by atoms with van der Waals surface area (Å²) in [4.78, 5) is 0. The molecule has 2 nitrogen and oxygen atoms in total. The Morgan fingerprint density at radius 3 is 2.60 bits per heavy atom. The standard InChI is InChI=1S/C8H18N2/c1-4-7-10-8(2,3)5-6-9/h4,10H,1,5-7,9H2,2-3H3. The van der Waals surface area contributed by atoms with E-state index in [1.807, 2.05) is 6.08 Å². The van der Waals surface area contributed by atoms with Crippen LogP contribution < -0.4 is 11.1 Å². The fourth-order valence-corrected chi connectivity index (χ4v) is 0.798. The van der Waals surface area contributed by atoms with E-state index in [1.165, 1.54) is 0 Å². The molecule has 0 rings (SSSR count). The molecule has 0 atom stereocenters. The van der Waals surface area contributed by atoms with Crippen LogP contribution in [0.25, 0.3) is 0 Å². The first-order valence-corrected chi connectivity index (χ1v) is 3.68. The lowest BCUT2D eigenvalue weighted by atomic mass is 10.0. The van der Waals surface area contributed by atoms with E-state index in [9.17, 15) is 0 Å². The molecule has 0 heterocycles. The summed E-state index contributed by atoms with van der Waals surface area (Å²) in [6.45, 7) is 9.50. The Morgan fingerprint density at radius 2 is 2.20 bits per heavy atom. The lowest BCUT2D eigenvalue weighted by molar-refractivity contribution is 0.384. The quantitative estimate of drug-likeness (QED) is 0.559. The van der Waals surface area contributed by atoms with Gasteiger partial charge in [-0.3, -0.25) is 0 Å². The van der Waals surface area contributed by atoms with Gasteiger partial charge in [-0.05, 0) is 26.8 Å². The summed E-state index contributed by atoms with van der Waals surface area (Å²) in [6, 6.07) is 0. The molecular weight excluding hydrogens is 124 g/mol. The molecule has 0 aromatic rings. The summed E-state index contributed by atoms with van der Waals surface area (Å²) in [7, 11) is 0. The Labute approximate surface area is 63.5 Å². The number of hydrogen-bond acceptors (Lipinski definition) is 2. The molecular formula is C8H18N2. The van der Waals surface area contributed by atoms with Crippen LogP contribution in [0.1, 0.15) is 20.3 Å². The lowest BCUT2D eigenvalue weighted by Crippen LogP contribution is -2.40. The van der Waals surface area contributed by atoms with Crippen LogP contribution in [0.15, 0.2) is 12.7 Å². The first-order chi connectivity index (χ1) is 4.62. The maximum Gasteiger partial charge on any atom is 0.0140 e. The molecule has 0 amide bonds. The summed E-state index contributed by atoms with van der Waals surface area (Å²) < 4.78 is 0. The fourth-order valence-electron chi connectivity index (χ4n) is 0.798. The molecule has 0 spiro atoms. The molecule has 0 aliphatic carbocycles. The predicted octanol–water partition coefficient (Wildman–Crippen LogP) is 0.889. The third kappa shape index (κ3) is 4.53. The van der Waals surface area contributed by atoms with E-state index in [1.54, 1.807) is 0 Å². The SMILES string of the molecule is C=CCNC(C)(C)CCN. The van der Waals surface area contributed by atoms with Crippen molar-refractivity contribution < 1.29 is 0 Å². The highest BCUT2D eigenvalue weighted by Gasteiger charge is 2.13. The zero-order valence-electron chi connectivity index (χ0n) is 6.98. The van der Waals surface area contributed by atoms with Gasteiger partial charge in [-0.15, -0.1) is 6.58 Å². The number of nitrogens with two attached hydrogens (primary N) is 1. The highest BCUT2D eigenvalue weighted by molar-refractivity contribution is 4.82. The van der Waals surface area contributed by atoms with Crippen molar-refractivity contribution in [2.24, 2.45) is 5.73 Å². The number of nitrogens with one attached hydrogen (secondary N) is 1. The Balaban J connectivity index is 3.51. The first kappa shape index (κ1) is 9.66. The van der Waals surface area contributed by atoms with Gasteiger partial charge in [0, 0.05) is 12.1 Å². The molecule has 0 radical (unpaired) electrons. The van der Waals surface area contributed by atoms with Crippen LogP contribution in [-0.2, 0) is 0 Å². The van der Waals surface area contributed by atoms with E-state index in [2.05, 4.69) is 25.7 Å². The van der Waals surface area contributed by atoms with Gasteiger partial charge in [0.15, 0.2) is 0 Å². The minimum Gasteiger partial charge on any atom is -0.330 e. The summed E-state index contributed by atoms with van der Waals surface area (Å²) >= 11 is 0. The molecule has 0 aromatic carbocycles. The molecule has 60 valence electrons. The smallest absolute Gasteiger partial charge is 0.0140 e. The molecule has 0 aliphatic heterocycles. The Kier molecular flexibility index (Phi) is 4.32. The zero-order chi connectivity index (χ0) is 8.04. The summed E-state index contributed by atoms with van der Waals surface area (Å²) in [5.41, 5.74) is 5.58. The van der Waals surface area contributed by atoms with Gasteiger partial charge >= 0.3 is 0 Å². The fraction of sp³-hybridized carbons (Fsp3) is 0.750. The van der Waals surface area contributed by atoms with Crippen molar-refractivity contribution in [3.8, 4) is 0 Å². The van der Waals surface area contributed by atoms with Gasteiger partial charge in [0.2, 0.25) is 0 Å². The van der Waals surface area contributed by atoms with Crippen molar-refractivity contribution in [3.05, 3.63) is 12.7 Å². The molecule has 0 saturated carbocycles. The molecule has 10 heavy (non-hydrogen) atoms. The average molecular weight is 142 g/mol. The maximum atomic E-state index is 5.42. The van der Waals surface area contributed by atoms with Crippen molar-refractivity contribution in [3.63, 3.8) is 0 Å². The molecule has 3 N–H and O–H groups in total. The second-order valence-electron chi connectivity index (χ2n) is 3.09. The topological polar surface area (TPSA) is 38.0 Å². The Morgan fingerprint density at radius 1 is 1.60 bits per heavy atom. The van der Waals surface area contributed by atoms with Crippen LogP contribution in [0.4, 0.5) is 0 Å². The third-order valence-corrected chi connectivity index (χ3v) is 1.49. The van der Waals surface area contributed by atoms with E-state index >= 15 is 0 Å². The van der Waals surface area contributed by atoms with E-state index < -0.39 is 0 Å². The van der Waals surface area contributed by atoms with Crippen LogP contribution in [0.3, 0.4) is 0 Å². The van der Waals surface area contributed by atoms with Crippen molar-refractivity contribution in [2.45, 2.75) is 25.8 Å². The van der Waals surface area contributed by atoms with Crippen LogP contribution in [-0.4, -0.2) is 18.6 Å². The highest BCUT2D eigenvalue weighted by Crippen LogP contribution is 2.05. The second-order valence-corrected chi connectivity index (χ2v) is 3.09. The van der Waals surface area contributed by atoms with E-state index in [0.29, 0.717) is 0 Å². The van der Waals surface area contributed by atoms with E-state index in [4.69, 9.17) is 5.73 Å². The van der Waals surface area contributed by atoms with E-state index in [-0.39, 0.29) is 5.54 Å². The molecule has 0 aliphatic rings. The molecule has 2 heteroatoms. The largest absolute Gasteiger partial charge is 0.330 e. The van der Waals surface area contributed by atoms with Crippen molar-refractivity contribution in [1.29, 1.82) is 0 Å². The van der Waals surface area contributed by atoms with Crippen LogP contribution >= 0.6 is 0 Å². The molecule has 0 saturated heterocycles. The maximum absolute atomic E-state index is 5.42. The lowest BCUT2D eigenvalue weighted by Gasteiger charge is -2.24. The highest BCUT2D eigenvalue weighted by atomic mass is 14.9. The Bertz CT molecular complexity index is 97.4. The molecule has 0 unspecified atom stereocenters. The molecule has 0 fully saturated rings. The monoisotopic (exact) mass is 142 g/mol. The van der Waals surface area contributed by atoms with Gasteiger partial charge in [0.05, 0.1) is 0 Å². The summed E-state index contributed by atoms with van der Waals surface area (Å²) in [5, 5.41) is 3.31. The predicted molar refractivity (Wildman–Crippen MR) is 46.0 cm³/mol. The second kappa shape index (κ2) is 4.47. The zero-order valence-corrected chi connectivity index (χ0v) is 6.98. The van der Waals surface area contributed by atoms with Gasteiger partial charge in [-0.2, -0.15) is 0 Å². The minimum absolute atomic E-state index is 0.156. The van der Waals surface area contributed by atoms with Gasteiger partial charge in [-0.25, -0.2) is 0 Å². The van der Waals surface area contributed by atoms with Crippen LogP contribution in [0, 0.1) is 0 Å².